The molecule has 1 saturated heterocycles. The van der Waals surface area contributed by atoms with E-state index in [2.05, 4.69) is 25.8 Å². The van der Waals surface area contributed by atoms with Gasteiger partial charge in [0.15, 0.2) is 11.2 Å². The first-order valence-corrected chi connectivity index (χ1v) is 9.23. The maximum Gasteiger partial charge on any atom is 0.418 e. The van der Waals surface area contributed by atoms with Crippen molar-refractivity contribution >= 4 is 17.8 Å². The van der Waals surface area contributed by atoms with Gasteiger partial charge >= 0.3 is 12.2 Å². The quantitative estimate of drug-likeness (QED) is 0.386. The van der Waals surface area contributed by atoms with Gasteiger partial charge in [-0.3, -0.25) is 19.9 Å². The molecule has 4 rings (SSSR count). The summed E-state index contributed by atoms with van der Waals surface area (Å²) in [6.45, 7) is -0.757. The van der Waals surface area contributed by atoms with Gasteiger partial charge in [-0.25, -0.2) is 9.18 Å². The standard InChI is InChI=1S/C19H13F4N7O3/c20-10-3-5-11(6-4-10)30-26-8-13(29-30)15(31)25-9-18(16(32)27-17(33)28-18)14-12(19(21,22)23)2-1-7-24-14/h1-8H,9H2,(H,25,31)(H2,27,28,32,33). The van der Waals surface area contributed by atoms with Crippen LogP contribution in [0.5, 0.6) is 0 Å². The lowest BCUT2D eigenvalue weighted by Gasteiger charge is -2.28. The van der Waals surface area contributed by atoms with Crippen molar-refractivity contribution in [2.45, 2.75) is 11.7 Å². The van der Waals surface area contributed by atoms with Crippen molar-refractivity contribution in [3.63, 3.8) is 0 Å². The van der Waals surface area contributed by atoms with Crippen LogP contribution in [0.2, 0.25) is 0 Å². The number of imide groups is 1. The number of hydrogen-bond acceptors (Lipinski definition) is 6. The van der Waals surface area contributed by atoms with Crippen molar-refractivity contribution in [1.29, 1.82) is 0 Å². The van der Waals surface area contributed by atoms with Crippen LogP contribution in [0.4, 0.5) is 22.4 Å². The number of rotatable bonds is 5. The van der Waals surface area contributed by atoms with Crippen molar-refractivity contribution in [2.75, 3.05) is 6.54 Å². The van der Waals surface area contributed by atoms with E-state index in [9.17, 15) is 31.9 Å². The molecule has 1 atom stereocenters. The maximum atomic E-state index is 13.5. The fourth-order valence-corrected chi connectivity index (χ4v) is 3.21. The van der Waals surface area contributed by atoms with E-state index >= 15 is 0 Å². The fourth-order valence-electron chi connectivity index (χ4n) is 3.21. The maximum absolute atomic E-state index is 13.5. The Bertz CT molecular complexity index is 1240. The first-order chi connectivity index (χ1) is 15.6. The average molecular weight is 463 g/mol. The molecule has 2 aromatic heterocycles. The van der Waals surface area contributed by atoms with Gasteiger partial charge in [-0.1, -0.05) is 0 Å². The second-order valence-electron chi connectivity index (χ2n) is 6.89. The van der Waals surface area contributed by atoms with Crippen LogP contribution in [0.1, 0.15) is 21.7 Å². The Morgan fingerprint density at radius 2 is 1.88 bits per heavy atom. The minimum Gasteiger partial charge on any atom is -0.347 e. The minimum absolute atomic E-state index is 0.240. The normalized spacial score (nSPS) is 18.1. The first kappa shape index (κ1) is 21.9. The molecule has 0 spiro atoms. The summed E-state index contributed by atoms with van der Waals surface area (Å²) in [5, 5.41) is 14.1. The molecule has 0 radical (unpaired) electrons. The van der Waals surface area contributed by atoms with E-state index in [-0.39, 0.29) is 5.69 Å². The zero-order valence-electron chi connectivity index (χ0n) is 16.4. The Labute approximate surface area is 182 Å². The summed E-state index contributed by atoms with van der Waals surface area (Å²) < 4.78 is 53.7. The summed E-state index contributed by atoms with van der Waals surface area (Å²) in [4.78, 5) is 41.6. The van der Waals surface area contributed by atoms with Gasteiger partial charge in [-0.2, -0.15) is 23.1 Å². The number of halogens is 4. The van der Waals surface area contributed by atoms with E-state index in [1.54, 1.807) is 0 Å². The van der Waals surface area contributed by atoms with Gasteiger partial charge in [0.1, 0.15) is 5.82 Å². The number of pyridine rings is 1. The zero-order chi connectivity index (χ0) is 23.8. The van der Waals surface area contributed by atoms with Gasteiger partial charge in [-0.05, 0) is 36.4 Å². The lowest BCUT2D eigenvalue weighted by atomic mass is 9.90. The van der Waals surface area contributed by atoms with Crippen molar-refractivity contribution in [2.24, 2.45) is 0 Å². The van der Waals surface area contributed by atoms with Crippen LogP contribution in [0.3, 0.4) is 0 Å². The molecular formula is C19H13F4N7O3. The molecule has 1 aromatic carbocycles. The Kier molecular flexibility index (Phi) is 5.27. The molecule has 10 nitrogen and oxygen atoms in total. The van der Waals surface area contributed by atoms with Crippen LogP contribution in [0, 0.1) is 5.82 Å². The SMILES string of the molecule is O=C1NC(=O)C(CNC(=O)c2cnn(-c3ccc(F)cc3)n2)(c2ncccc2C(F)(F)F)N1. The Balaban J connectivity index is 1.61. The smallest absolute Gasteiger partial charge is 0.347 e. The van der Waals surface area contributed by atoms with E-state index in [1.807, 2.05) is 5.32 Å². The van der Waals surface area contributed by atoms with E-state index in [0.29, 0.717) is 11.8 Å². The molecular weight excluding hydrogens is 450 g/mol. The Morgan fingerprint density at radius 3 is 2.52 bits per heavy atom. The number of alkyl halides is 3. The largest absolute Gasteiger partial charge is 0.418 e. The molecule has 1 unspecified atom stereocenters. The topological polar surface area (TPSA) is 131 Å². The molecule has 3 heterocycles. The molecule has 1 fully saturated rings. The summed E-state index contributed by atoms with van der Waals surface area (Å²) in [6.07, 6.45) is -2.78. The molecule has 4 amide bonds. The first-order valence-electron chi connectivity index (χ1n) is 9.23. The Morgan fingerprint density at radius 1 is 1.15 bits per heavy atom. The van der Waals surface area contributed by atoms with Gasteiger partial charge in [0.25, 0.3) is 11.8 Å². The number of hydrogen-bond donors (Lipinski definition) is 3. The van der Waals surface area contributed by atoms with Crippen molar-refractivity contribution in [3.8, 4) is 5.69 Å². The predicted octanol–water partition coefficient (Wildman–Crippen LogP) is 1.28. The molecule has 0 saturated carbocycles. The monoisotopic (exact) mass is 463 g/mol. The molecule has 14 heteroatoms. The van der Waals surface area contributed by atoms with E-state index < -0.39 is 53.2 Å². The third-order valence-corrected chi connectivity index (χ3v) is 4.76. The lowest BCUT2D eigenvalue weighted by molar-refractivity contribution is -0.139. The van der Waals surface area contributed by atoms with Gasteiger partial charge in [-0.15, -0.1) is 5.10 Å². The van der Waals surface area contributed by atoms with Crippen LogP contribution >= 0.6 is 0 Å². The summed E-state index contributed by atoms with van der Waals surface area (Å²) in [5.41, 5.74) is -4.24. The molecule has 0 aliphatic carbocycles. The van der Waals surface area contributed by atoms with Gasteiger partial charge in [0, 0.05) is 6.20 Å². The van der Waals surface area contributed by atoms with Crippen molar-refractivity contribution < 1.29 is 31.9 Å². The minimum atomic E-state index is -4.88. The second kappa shape index (κ2) is 7.96. The summed E-state index contributed by atoms with van der Waals surface area (Å²) in [6, 6.07) is 5.74. The zero-order valence-corrected chi connectivity index (χ0v) is 16.4. The van der Waals surface area contributed by atoms with Gasteiger partial charge < -0.3 is 10.6 Å². The van der Waals surface area contributed by atoms with Crippen LogP contribution in [-0.2, 0) is 16.5 Å². The molecule has 1 aliphatic heterocycles. The van der Waals surface area contributed by atoms with Crippen LogP contribution in [0.25, 0.3) is 5.69 Å². The molecule has 1 aliphatic rings. The number of aromatic nitrogens is 4. The van der Waals surface area contributed by atoms with E-state index in [4.69, 9.17) is 0 Å². The summed E-state index contributed by atoms with van der Waals surface area (Å²) in [7, 11) is 0. The molecule has 33 heavy (non-hydrogen) atoms. The highest BCUT2D eigenvalue weighted by Gasteiger charge is 2.53. The predicted molar refractivity (Wildman–Crippen MR) is 101 cm³/mol. The van der Waals surface area contributed by atoms with Gasteiger partial charge in [0.05, 0.1) is 29.7 Å². The highest BCUT2D eigenvalue weighted by molar-refractivity contribution is 6.08. The number of carbonyl (C=O) groups excluding carboxylic acids is 3. The second-order valence-corrected chi connectivity index (χ2v) is 6.89. The van der Waals surface area contributed by atoms with Crippen molar-refractivity contribution in [3.05, 3.63) is 71.6 Å². The molecule has 3 N–H and O–H groups in total. The number of benzene rings is 1. The van der Waals surface area contributed by atoms with E-state index in [1.165, 1.54) is 12.1 Å². The third-order valence-electron chi connectivity index (χ3n) is 4.76. The highest BCUT2D eigenvalue weighted by Crippen LogP contribution is 2.36. The molecule has 170 valence electrons. The number of carbonyl (C=O) groups is 3. The number of nitrogens with one attached hydrogen (secondary N) is 3. The van der Waals surface area contributed by atoms with Crippen molar-refractivity contribution in [1.82, 2.24) is 35.9 Å². The number of nitrogens with zero attached hydrogens (tertiary/aromatic N) is 4. The molecule has 3 aromatic rings. The van der Waals surface area contributed by atoms with Gasteiger partial charge in [0.2, 0.25) is 0 Å². The average Bonchev–Trinajstić information content (AvgIpc) is 3.37. The number of amides is 4. The van der Waals surface area contributed by atoms with Crippen LogP contribution in [0.15, 0.2) is 48.8 Å². The molecule has 0 bridgehead atoms. The Hall–Kier alpha value is -4.36. The number of urea groups is 1. The van der Waals surface area contributed by atoms with Crippen LogP contribution < -0.4 is 16.0 Å². The van der Waals surface area contributed by atoms with Crippen LogP contribution in [-0.4, -0.2) is 44.4 Å². The third kappa shape index (κ3) is 4.09. The fraction of sp³-hybridized carbons (Fsp3) is 0.158. The summed E-state index contributed by atoms with van der Waals surface area (Å²) >= 11 is 0. The summed E-state index contributed by atoms with van der Waals surface area (Å²) in [5.74, 6) is -2.49. The lowest BCUT2D eigenvalue weighted by Crippen LogP contribution is -2.54. The van der Waals surface area contributed by atoms with E-state index in [0.717, 1.165) is 35.4 Å². The highest BCUT2D eigenvalue weighted by atomic mass is 19.4.